The van der Waals surface area contributed by atoms with Crippen molar-refractivity contribution in [1.82, 2.24) is 20.0 Å². The Morgan fingerprint density at radius 2 is 2.00 bits per heavy atom. The van der Waals surface area contributed by atoms with Crippen molar-refractivity contribution in [1.29, 1.82) is 0 Å². The third kappa shape index (κ3) is 3.19. The second-order valence-corrected chi connectivity index (χ2v) is 6.48. The van der Waals surface area contributed by atoms with Gasteiger partial charge in [0.1, 0.15) is 6.10 Å². The van der Waals surface area contributed by atoms with Crippen molar-refractivity contribution in [3.05, 3.63) is 24.0 Å². The zero-order chi connectivity index (χ0) is 16.4. The summed E-state index contributed by atoms with van der Waals surface area (Å²) >= 11 is 0. The zero-order valence-electron chi connectivity index (χ0n) is 13.6. The van der Waals surface area contributed by atoms with Gasteiger partial charge in [0.15, 0.2) is 0 Å². The quantitative estimate of drug-likeness (QED) is 0.803. The summed E-state index contributed by atoms with van der Waals surface area (Å²) in [6, 6.07) is 1.68. The number of likely N-dealkylation sites (tertiary alicyclic amines) is 1. The molecule has 0 aromatic carbocycles. The molecule has 2 amide bonds. The van der Waals surface area contributed by atoms with Crippen molar-refractivity contribution in [2.45, 2.75) is 37.4 Å². The first kappa shape index (κ1) is 15.9. The Morgan fingerprint density at radius 1 is 1.26 bits per heavy atom. The van der Waals surface area contributed by atoms with E-state index in [0.717, 1.165) is 25.7 Å². The van der Waals surface area contributed by atoms with Crippen molar-refractivity contribution in [3.8, 4) is 0 Å². The normalized spacial score (nSPS) is 23.0. The first-order valence-corrected chi connectivity index (χ1v) is 7.96. The minimum atomic E-state index is -0.336. The number of piperidine rings is 1. The van der Waals surface area contributed by atoms with Crippen molar-refractivity contribution in [2.75, 3.05) is 27.2 Å². The average Bonchev–Trinajstić information content (AvgIpc) is 2.98. The number of nitrogens with zero attached hydrogens (tertiary/aromatic N) is 4. The first-order chi connectivity index (χ1) is 11.0. The van der Waals surface area contributed by atoms with Gasteiger partial charge in [-0.1, -0.05) is 0 Å². The largest absolute Gasteiger partial charge is 0.362 e. The number of ether oxygens (including phenoxy) is 1. The highest BCUT2D eigenvalue weighted by atomic mass is 16.5. The van der Waals surface area contributed by atoms with Crippen LogP contribution < -0.4 is 0 Å². The number of carbonyl (C=O) groups is 2. The van der Waals surface area contributed by atoms with E-state index < -0.39 is 0 Å². The standard InChI is InChI=1S/C16H22N4O3/c1-19(2)15(22)13-3-5-16(23-13)6-9-20(10-7-16)14(21)12-4-8-17-18-11-12/h4,8,11,13H,3,5-7,9-10H2,1-2H3/t13-/m1/s1. The number of carbonyl (C=O) groups excluding carboxylic acids is 2. The summed E-state index contributed by atoms with van der Waals surface area (Å²) in [6.07, 6.45) is 5.87. The number of aromatic nitrogens is 2. The molecular weight excluding hydrogens is 296 g/mol. The van der Waals surface area contributed by atoms with Crippen LogP contribution in [0.2, 0.25) is 0 Å². The molecule has 7 heteroatoms. The molecule has 0 bridgehead atoms. The molecule has 1 aromatic rings. The lowest BCUT2D eigenvalue weighted by molar-refractivity contribution is -0.148. The molecule has 3 rings (SSSR count). The first-order valence-electron chi connectivity index (χ1n) is 7.96. The third-order valence-electron chi connectivity index (χ3n) is 4.76. The summed E-state index contributed by atoms with van der Waals surface area (Å²) in [5, 5.41) is 7.45. The van der Waals surface area contributed by atoms with Crippen LogP contribution in [0.1, 0.15) is 36.0 Å². The van der Waals surface area contributed by atoms with Crippen LogP contribution in [-0.2, 0) is 9.53 Å². The maximum absolute atomic E-state index is 12.4. The smallest absolute Gasteiger partial charge is 0.255 e. The van der Waals surface area contributed by atoms with Crippen LogP contribution >= 0.6 is 0 Å². The third-order valence-corrected chi connectivity index (χ3v) is 4.76. The van der Waals surface area contributed by atoms with Crippen LogP contribution in [-0.4, -0.2) is 70.7 Å². The number of likely N-dealkylation sites (N-methyl/N-ethyl adjacent to an activating group) is 1. The highest BCUT2D eigenvalue weighted by molar-refractivity contribution is 5.93. The van der Waals surface area contributed by atoms with Gasteiger partial charge >= 0.3 is 0 Å². The van der Waals surface area contributed by atoms with Crippen LogP contribution in [0.5, 0.6) is 0 Å². The van der Waals surface area contributed by atoms with Gasteiger partial charge in [0, 0.05) is 27.2 Å². The Kier molecular flexibility index (Phi) is 4.30. The molecule has 0 unspecified atom stereocenters. The predicted octanol–water partition coefficient (Wildman–Crippen LogP) is 0.719. The fraction of sp³-hybridized carbons (Fsp3) is 0.625. The lowest BCUT2D eigenvalue weighted by atomic mass is 9.88. The Hall–Kier alpha value is -2.02. The summed E-state index contributed by atoms with van der Waals surface area (Å²) in [5.41, 5.74) is 0.313. The van der Waals surface area contributed by atoms with Gasteiger partial charge in [-0.05, 0) is 31.7 Å². The molecule has 0 saturated carbocycles. The number of rotatable bonds is 2. The number of hydrogen-bond donors (Lipinski definition) is 0. The van der Waals surface area contributed by atoms with Crippen LogP contribution in [0.4, 0.5) is 0 Å². The molecule has 2 saturated heterocycles. The minimum absolute atomic E-state index is 0.0198. The molecule has 0 radical (unpaired) electrons. The second-order valence-electron chi connectivity index (χ2n) is 6.48. The van der Waals surface area contributed by atoms with E-state index in [9.17, 15) is 9.59 Å². The Morgan fingerprint density at radius 3 is 2.61 bits per heavy atom. The molecule has 2 aliphatic heterocycles. The van der Waals surface area contributed by atoms with E-state index in [2.05, 4.69) is 10.2 Å². The molecule has 2 fully saturated rings. The summed E-state index contributed by atoms with van der Waals surface area (Å²) in [4.78, 5) is 27.9. The lowest BCUT2D eigenvalue weighted by Crippen LogP contribution is -2.47. The predicted molar refractivity (Wildman–Crippen MR) is 82.7 cm³/mol. The van der Waals surface area contributed by atoms with Crippen molar-refractivity contribution >= 4 is 11.8 Å². The molecule has 7 nitrogen and oxygen atoms in total. The van der Waals surface area contributed by atoms with E-state index in [1.807, 2.05) is 4.90 Å². The second kappa shape index (κ2) is 6.23. The Balaban J connectivity index is 1.59. The van der Waals surface area contributed by atoms with Gasteiger partial charge in [-0.25, -0.2) is 0 Å². The SMILES string of the molecule is CN(C)C(=O)[C@H]1CCC2(CCN(C(=O)c3ccnnc3)CC2)O1. The average molecular weight is 318 g/mol. The van der Waals surface area contributed by atoms with Crippen molar-refractivity contribution < 1.29 is 14.3 Å². The molecule has 2 aliphatic rings. The molecule has 1 spiro atoms. The topological polar surface area (TPSA) is 75.6 Å². The zero-order valence-corrected chi connectivity index (χ0v) is 13.6. The maximum atomic E-state index is 12.4. The molecule has 124 valence electrons. The summed E-state index contributed by atoms with van der Waals surface area (Å²) in [6.45, 7) is 1.29. The van der Waals surface area contributed by atoms with Crippen LogP contribution in [0, 0.1) is 0 Å². The molecule has 3 heterocycles. The summed E-state index contributed by atoms with van der Waals surface area (Å²) in [5.74, 6) is 0.0110. The molecular formula is C16H22N4O3. The van der Waals surface area contributed by atoms with E-state index in [1.54, 1.807) is 25.1 Å². The fourth-order valence-electron chi connectivity index (χ4n) is 3.36. The van der Waals surface area contributed by atoms with E-state index in [-0.39, 0.29) is 23.5 Å². The minimum Gasteiger partial charge on any atom is -0.362 e. The van der Waals surface area contributed by atoms with Crippen molar-refractivity contribution in [2.24, 2.45) is 0 Å². The Labute approximate surface area is 135 Å². The molecule has 1 aromatic heterocycles. The van der Waals surface area contributed by atoms with Gasteiger partial charge in [-0.3, -0.25) is 9.59 Å². The van der Waals surface area contributed by atoms with Gasteiger partial charge in [0.2, 0.25) is 0 Å². The molecule has 1 atom stereocenters. The highest BCUT2D eigenvalue weighted by Gasteiger charge is 2.45. The monoisotopic (exact) mass is 318 g/mol. The lowest BCUT2D eigenvalue weighted by Gasteiger charge is -2.39. The van der Waals surface area contributed by atoms with Gasteiger partial charge in [-0.2, -0.15) is 10.2 Å². The van der Waals surface area contributed by atoms with E-state index >= 15 is 0 Å². The van der Waals surface area contributed by atoms with Crippen molar-refractivity contribution in [3.63, 3.8) is 0 Å². The van der Waals surface area contributed by atoms with Crippen LogP contribution in [0.15, 0.2) is 18.5 Å². The summed E-state index contributed by atoms with van der Waals surface area (Å²) in [7, 11) is 3.50. The highest BCUT2D eigenvalue weighted by Crippen LogP contribution is 2.39. The van der Waals surface area contributed by atoms with Gasteiger partial charge in [0.25, 0.3) is 11.8 Å². The number of hydrogen-bond acceptors (Lipinski definition) is 5. The maximum Gasteiger partial charge on any atom is 0.255 e. The molecule has 0 aliphatic carbocycles. The van der Waals surface area contributed by atoms with Crippen LogP contribution in [0.3, 0.4) is 0 Å². The van der Waals surface area contributed by atoms with Gasteiger partial charge in [-0.15, -0.1) is 0 Å². The van der Waals surface area contributed by atoms with Gasteiger partial charge in [0.05, 0.1) is 23.6 Å². The van der Waals surface area contributed by atoms with E-state index in [1.165, 1.54) is 12.4 Å². The molecule has 0 N–H and O–H groups in total. The summed E-state index contributed by atoms with van der Waals surface area (Å²) < 4.78 is 6.10. The Bertz CT molecular complexity index is 582. The van der Waals surface area contributed by atoms with E-state index in [0.29, 0.717) is 18.7 Å². The molecule has 23 heavy (non-hydrogen) atoms. The van der Waals surface area contributed by atoms with E-state index in [4.69, 9.17) is 4.74 Å². The fourth-order valence-corrected chi connectivity index (χ4v) is 3.36. The van der Waals surface area contributed by atoms with Gasteiger partial charge < -0.3 is 14.5 Å². The number of amides is 2. The van der Waals surface area contributed by atoms with Crippen LogP contribution in [0.25, 0.3) is 0 Å².